The van der Waals surface area contributed by atoms with Crippen molar-refractivity contribution in [3.05, 3.63) is 45.9 Å². The summed E-state index contributed by atoms with van der Waals surface area (Å²) in [5.41, 5.74) is 6.42. The second kappa shape index (κ2) is 24.6. The Morgan fingerprint density at radius 1 is 0.879 bits per heavy atom. The molecule has 0 fully saturated rings. The van der Waals surface area contributed by atoms with E-state index in [2.05, 4.69) is 57.7 Å². The van der Waals surface area contributed by atoms with Gasteiger partial charge < -0.3 is 47.5 Å². The standard InChI is InChI=1S/C40H62N8O9S/c1-9-16-42-31(22(2)3)20-33(57-26(8)50)38-48-32(21-58-38)36(52)46-29(18-24(6)39(54)55)19-27-12-14-28(15-13-27)45-35(51)30(11-10-17-43-40(41)56)47-37(53)34(23(4)5)44-25(7)49/h12-15,21-24,29-31,33-34,42H,9-11,16-20H2,1-8H3,(H,44,49)(H,45,51)(H,46,52)(H,47,53)(H,54,55)(H3,41,43,56)/t24-,29+,30?,31+,33+,34-/m0/s1. The Hall–Kier alpha value is -5.10. The van der Waals surface area contributed by atoms with Crippen molar-refractivity contribution >= 4 is 58.6 Å². The van der Waals surface area contributed by atoms with Crippen LogP contribution in [-0.2, 0) is 35.1 Å². The normalized spacial score (nSPS) is 14.3. The molecule has 6 atom stereocenters. The van der Waals surface area contributed by atoms with Crippen LogP contribution in [0.2, 0.25) is 0 Å². The van der Waals surface area contributed by atoms with E-state index in [0.717, 1.165) is 18.5 Å². The number of primary amides is 1. The highest BCUT2D eigenvalue weighted by Gasteiger charge is 2.30. The second-order valence-corrected chi connectivity index (χ2v) is 16.1. The first-order valence-electron chi connectivity index (χ1n) is 19.7. The average molecular weight is 831 g/mol. The summed E-state index contributed by atoms with van der Waals surface area (Å²) in [6.07, 6.45) is 1.61. The number of aromatic nitrogens is 1. The molecule has 0 radical (unpaired) electrons. The molecule has 1 aromatic carbocycles. The maximum absolute atomic E-state index is 13.5. The molecule has 6 amide bonds. The minimum atomic E-state index is -1.02. The third kappa shape index (κ3) is 17.6. The minimum absolute atomic E-state index is 0.0464. The Labute approximate surface area is 344 Å². The maximum Gasteiger partial charge on any atom is 0.312 e. The molecule has 2 rings (SSSR count). The fourth-order valence-corrected chi connectivity index (χ4v) is 6.95. The smallest absolute Gasteiger partial charge is 0.312 e. The summed E-state index contributed by atoms with van der Waals surface area (Å²) in [7, 11) is 0. The molecule has 0 aliphatic carbocycles. The van der Waals surface area contributed by atoms with Crippen molar-refractivity contribution in [2.75, 3.05) is 18.4 Å². The van der Waals surface area contributed by atoms with Crippen LogP contribution in [0.3, 0.4) is 0 Å². The molecule has 18 heteroatoms. The van der Waals surface area contributed by atoms with Gasteiger partial charge in [0.15, 0.2) is 6.10 Å². The first kappa shape index (κ1) is 49.0. The lowest BCUT2D eigenvalue weighted by atomic mass is 9.96. The van der Waals surface area contributed by atoms with Gasteiger partial charge in [0.2, 0.25) is 17.7 Å². The van der Waals surface area contributed by atoms with Crippen molar-refractivity contribution in [2.45, 2.75) is 124 Å². The number of aliphatic carboxylic acids is 1. The summed E-state index contributed by atoms with van der Waals surface area (Å²) in [6.45, 7) is 14.9. The quantitative estimate of drug-likeness (QED) is 0.0529. The van der Waals surface area contributed by atoms with Crippen molar-refractivity contribution in [1.82, 2.24) is 31.6 Å². The molecule has 9 N–H and O–H groups in total. The number of esters is 1. The van der Waals surface area contributed by atoms with Crippen LogP contribution in [0.4, 0.5) is 10.5 Å². The number of ether oxygens (including phenoxy) is 1. The number of hydrogen-bond donors (Lipinski definition) is 8. The van der Waals surface area contributed by atoms with Gasteiger partial charge in [-0.25, -0.2) is 9.78 Å². The lowest BCUT2D eigenvalue weighted by Crippen LogP contribution is -2.54. The van der Waals surface area contributed by atoms with Crippen molar-refractivity contribution in [3.8, 4) is 0 Å². The fraction of sp³-hybridized carbons (Fsp3) is 0.600. The lowest BCUT2D eigenvalue weighted by Gasteiger charge is -2.26. The Bertz CT molecular complexity index is 1680. The van der Waals surface area contributed by atoms with E-state index in [1.165, 1.54) is 25.2 Å². The van der Waals surface area contributed by atoms with E-state index >= 15 is 0 Å². The topological polar surface area (TPSA) is 260 Å². The van der Waals surface area contributed by atoms with Crippen LogP contribution in [0.1, 0.15) is 115 Å². The van der Waals surface area contributed by atoms with Crippen molar-refractivity contribution in [3.63, 3.8) is 0 Å². The minimum Gasteiger partial charge on any atom is -0.481 e. The van der Waals surface area contributed by atoms with Gasteiger partial charge in [-0.1, -0.05) is 53.7 Å². The third-order valence-corrected chi connectivity index (χ3v) is 10.2. The molecule has 0 spiro atoms. The number of nitrogens with zero attached hydrogens (tertiary/aromatic N) is 1. The number of anilines is 1. The number of carboxylic acid groups (broad SMARTS) is 1. The van der Waals surface area contributed by atoms with Gasteiger partial charge in [-0.15, -0.1) is 11.3 Å². The van der Waals surface area contributed by atoms with Crippen LogP contribution < -0.4 is 37.6 Å². The van der Waals surface area contributed by atoms with Crippen LogP contribution in [0.15, 0.2) is 29.6 Å². The zero-order valence-electron chi connectivity index (χ0n) is 34.8. The molecular weight excluding hydrogens is 769 g/mol. The van der Waals surface area contributed by atoms with Gasteiger partial charge in [0.05, 0.1) is 5.92 Å². The number of amides is 6. The summed E-state index contributed by atoms with van der Waals surface area (Å²) < 4.78 is 5.65. The lowest BCUT2D eigenvalue weighted by molar-refractivity contribution is -0.147. The summed E-state index contributed by atoms with van der Waals surface area (Å²) in [4.78, 5) is 91.4. The molecule has 0 saturated heterocycles. The molecular formula is C40H62N8O9S. The number of nitrogens with two attached hydrogens (primary N) is 1. The molecule has 0 aliphatic heterocycles. The van der Waals surface area contributed by atoms with Crippen molar-refractivity contribution < 1.29 is 43.4 Å². The monoisotopic (exact) mass is 830 g/mol. The number of carbonyl (C=O) groups is 7. The van der Waals surface area contributed by atoms with Crippen molar-refractivity contribution in [1.29, 1.82) is 0 Å². The third-order valence-electron chi connectivity index (χ3n) is 9.28. The number of benzene rings is 1. The van der Waals surface area contributed by atoms with E-state index in [9.17, 15) is 38.7 Å². The first-order valence-corrected chi connectivity index (χ1v) is 20.6. The number of thiazole rings is 1. The second-order valence-electron chi connectivity index (χ2n) is 15.2. The van der Waals surface area contributed by atoms with Crippen LogP contribution in [0.25, 0.3) is 0 Å². The SMILES string of the molecule is CCCN[C@H](C[C@@H](OC(C)=O)c1nc(C(=O)N[C@@H](Cc2ccc(NC(=O)C(CCCNC(N)=O)NC(=O)[C@@H](NC(C)=O)C(C)C)cc2)C[C@H](C)C(=O)O)cs1)C(C)C. The molecule has 322 valence electrons. The summed E-state index contributed by atoms with van der Waals surface area (Å²) in [5, 5.41) is 28.8. The molecule has 0 bridgehead atoms. The van der Waals surface area contributed by atoms with E-state index in [4.69, 9.17) is 10.5 Å². The molecule has 17 nitrogen and oxygen atoms in total. The van der Waals surface area contributed by atoms with Crippen LogP contribution in [0, 0.1) is 17.8 Å². The van der Waals surface area contributed by atoms with Gasteiger partial charge in [0, 0.05) is 50.0 Å². The Balaban J connectivity index is 2.24. The highest BCUT2D eigenvalue weighted by atomic mass is 32.1. The van der Waals surface area contributed by atoms with Crippen LogP contribution >= 0.6 is 11.3 Å². The molecule has 2 aromatic rings. The maximum atomic E-state index is 13.5. The first-order chi connectivity index (χ1) is 27.3. The van der Waals surface area contributed by atoms with Gasteiger partial charge in [-0.3, -0.25) is 28.8 Å². The van der Waals surface area contributed by atoms with E-state index in [0.29, 0.717) is 23.5 Å². The van der Waals surface area contributed by atoms with Gasteiger partial charge in [0.25, 0.3) is 5.91 Å². The predicted molar refractivity (Wildman–Crippen MR) is 221 cm³/mol. The fourth-order valence-electron chi connectivity index (χ4n) is 6.11. The number of rotatable bonds is 25. The summed E-state index contributed by atoms with van der Waals surface area (Å²) in [5.74, 6) is -4.23. The number of carboxylic acids is 1. The molecule has 58 heavy (non-hydrogen) atoms. The predicted octanol–water partition coefficient (Wildman–Crippen LogP) is 3.65. The van der Waals surface area contributed by atoms with Crippen LogP contribution in [0.5, 0.6) is 0 Å². The number of carbonyl (C=O) groups excluding carboxylic acids is 6. The largest absolute Gasteiger partial charge is 0.481 e. The molecule has 1 unspecified atom stereocenters. The summed E-state index contributed by atoms with van der Waals surface area (Å²) >= 11 is 1.21. The number of urea groups is 1. The van der Waals surface area contributed by atoms with Gasteiger partial charge >= 0.3 is 18.0 Å². The highest BCUT2D eigenvalue weighted by Crippen LogP contribution is 2.29. The highest BCUT2D eigenvalue weighted by molar-refractivity contribution is 7.09. The Morgan fingerprint density at radius 3 is 2.10 bits per heavy atom. The van der Waals surface area contributed by atoms with Gasteiger partial charge in [0.1, 0.15) is 22.8 Å². The Morgan fingerprint density at radius 2 is 1.55 bits per heavy atom. The molecule has 0 aliphatic rings. The molecule has 1 heterocycles. The number of hydrogen-bond acceptors (Lipinski definition) is 11. The van der Waals surface area contributed by atoms with Crippen LogP contribution in [-0.4, -0.2) is 88.9 Å². The van der Waals surface area contributed by atoms with Crippen molar-refractivity contribution in [2.24, 2.45) is 23.5 Å². The Kier molecular flexibility index (Phi) is 20.8. The van der Waals surface area contributed by atoms with Gasteiger partial charge in [-0.05, 0) is 68.2 Å². The van der Waals surface area contributed by atoms with E-state index in [-0.39, 0.29) is 49.4 Å². The molecule has 1 aromatic heterocycles. The van der Waals surface area contributed by atoms with E-state index in [1.54, 1.807) is 50.4 Å². The zero-order valence-corrected chi connectivity index (χ0v) is 35.6. The molecule has 0 saturated carbocycles. The van der Waals surface area contributed by atoms with E-state index in [1.807, 2.05) is 0 Å². The van der Waals surface area contributed by atoms with E-state index < -0.39 is 71.7 Å². The zero-order chi connectivity index (χ0) is 43.5. The average Bonchev–Trinajstić information content (AvgIpc) is 3.64. The van der Waals surface area contributed by atoms with Gasteiger partial charge in [-0.2, -0.15) is 0 Å². The summed E-state index contributed by atoms with van der Waals surface area (Å²) in [6, 6.07) is 3.59. The number of nitrogens with one attached hydrogen (secondary N) is 6.